The predicted molar refractivity (Wildman–Crippen MR) is 92.3 cm³/mol. The van der Waals surface area contributed by atoms with Gasteiger partial charge in [-0.1, -0.05) is 0 Å². The quantitative estimate of drug-likeness (QED) is 0.868. The topological polar surface area (TPSA) is 35.6 Å². The molecule has 5 fully saturated rings. The lowest BCUT2D eigenvalue weighted by Gasteiger charge is -2.57. The lowest BCUT2D eigenvalue weighted by Crippen LogP contribution is -2.54. The minimum absolute atomic E-state index is 0.162. The number of carbonyl (C=O) groups excluding carboxylic acids is 1. The summed E-state index contributed by atoms with van der Waals surface area (Å²) in [6.07, 6.45) is 10.8. The molecule has 0 radical (unpaired) electrons. The molecule has 1 saturated heterocycles. The molecule has 0 aromatic rings. The summed E-state index contributed by atoms with van der Waals surface area (Å²) < 4.78 is 0. The van der Waals surface area contributed by atoms with Crippen molar-refractivity contribution in [2.45, 2.75) is 57.4 Å². The van der Waals surface area contributed by atoms with E-state index in [2.05, 4.69) is 17.3 Å². The number of hydrogen-bond acceptors (Lipinski definition) is 2. The van der Waals surface area contributed by atoms with Crippen molar-refractivity contribution < 1.29 is 4.79 Å². The summed E-state index contributed by atoms with van der Waals surface area (Å²) in [5.74, 6) is 2.89. The molecule has 4 saturated carbocycles. The van der Waals surface area contributed by atoms with Crippen LogP contribution in [0.4, 0.5) is 4.79 Å². The van der Waals surface area contributed by atoms with Crippen molar-refractivity contribution in [3.8, 4) is 0 Å². The smallest absolute Gasteiger partial charge is 0.317 e. The Morgan fingerprint density at radius 2 is 1.61 bits per heavy atom. The Bertz CT molecular complexity index is 420. The molecule has 23 heavy (non-hydrogen) atoms. The van der Waals surface area contributed by atoms with E-state index >= 15 is 0 Å². The second-order valence-electron chi connectivity index (χ2n) is 9.22. The molecule has 5 aliphatic rings. The summed E-state index contributed by atoms with van der Waals surface area (Å²) in [6, 6.07) is 0.581. The number of urea groups is 1. The Kier molecular flexibility index (Phi) is 4.07. The fraction of sp³-hybridized carbons (Fsp3) is 0.947. The predicted octanol–water partition coefficient (Wildman–Crippen LogP) is 2.94. The van der Waals surface area contributed by atoms with E-state index in [0.29, 0.717) is 11.5 Å². The van der Waals surface area contributed by atoms with Crippen LogP contribution < -0.4 is 5.32 Å². The van der Waals surface area contributed by atoms with Gasteiger partial charge in [-0.25, -0.2) is 4.79 Å². The first-order chi connectivity index (χ1) is 11.0. The van der Waals surface area contributed by atoms with Gasteiger partial charge in [0, 0.05) is 19.6 Å². The Morgan fingerprint density at radius 3 is 2.13 bits per heavy atom. The van der Waals surface area contributed by atoms with Crippen molar-refractivity contribution in [2.75, 3.05) is 33.7 Å². The Morgan fingerprint density at radius 1 is 1.09 bits per heavy atom. The average Bonchev–Trinajstić information content (AvgIpc) is 2.51. The normalized spacial score (nSPS) is 40.3. The standard InChI is InChI=1S/C19H33N3O/c1-21-5-3-17(4-6-21)22(2)18(23)20-13-19-10-14-7-15(11-19)9-16(8-14)12-19/h14-17H,3-13H2,1-2H3,(H,20,23). The Balaban J connectivity index is 1.31. The van der Waals surface area contributed by atoms with Crippen LogP contribution in [0.3, 0.4) is 0 Å². The highest BCUT2D eigenvalue weighted by atomic mass is 16.2. The van der Waals surface area contributed by atoms with Crippen molar-refractivity contribution in [1.82, 2.24) is 15.1 Å². The highest BCUT2D eigenvalue weighted by Crippen LogP contribution is 2.59. The maximum Gasteiger partial charge on any atom is 0.317 e. The van der Waals surface area contributed by atoms with Gasteiger partial charge in [0.2, 0.25) is 0 Å². The Labute approximate surface area is 141 Å². The molecule has 0 unspecified atom stereocenters. The molecule has 1 N–H and O–H groups in total. The second-order valence-corrected chi connectivity index (χ2v) is 9.22. The van der Waals surface area contributed by atoms with E-state index in [-0.39, 0.29) is 6.03 Å². The van der Waals surface area contributed by atoms with Crippen LogP contribution in [0.5, 0.6) is 0 Å². The van der Waals surface area contributed by atoms with Crippen LogP contribution in [0.15, 0.2) is 0 Å². The van der Waals surface area contributed by atoms with E-state index in [4.69, 9.17) is 0 Å². The molecule has 4 bridgehead atoms. The summed E-state index contributed by atoms with van der Waals surface area (Å²) in [7, 11) is 4.16. The number of nitrogens with one attached hydrogen (secondary N) is 1. The van der Waals surface area contributed by atoms with Crippen molar-refractivity contribution >= 4 is 6.03 Å². The number of hydrogen-bond donors (Lipinski definition) is 1. The highest BCUT2D eigenvalue weighted by Gasteiger charge is 2.50. The highest BCUT2D eigenvalue weighted by molar-refractivity contribution is 5.74. The average molecular weight is 319 g/mol. The molecule has 4 heteroatoms. The van der Waals surface area contributed by atoms with Gasteiger partial charge in [-0.15, -0.1) is 0 Å². The zero-order valence-corrected chi connectivity index (χ0v) is 14.9. The maximum atomic E-state index is 12.6. The number of rotatable bonds is 3. The second kappa shape index (κ2) is 5.94. The minimum Gasteiger partial charge on any atom is -0.337 e. The third-order valence-electron chi connectivity index (χ3n) is 7.34. The van der Waals surface area contributed by atoms with Crippen LogP contribution in [0, 0.1) is 23.2 Å². The summed E-state index contributed by atoms with van der Waals surface area (Å²) in [5, 5.41) is 3.32. The summed E-state index contributed by atoms with van der Waals surface area (Å²) in [4.78, 5) is 17.0. The number of carbonyl (C=O) groups is 1. The zero-order chi connectivity index (χ0) is 16.0. The van der Waals surface area contributed by atoms with Crippen LogP contribution >= 0.6 is 0 Å². The SMILES string of the molecule is CN1CCC(N(C)C(=O)NCC23CC4CC(CC(C4)C2)C3)CC1. The van der Waals surface area contributed by atoms with E-state index < -0.39 is 0 Å². The largest absolute Gasteiger partial charge is 0.337 e. The van der Waals surface area contributed by atoms with Gasteiger partial charge in [0.25, 0.3) is 0 Å². The fourth-order valence-electron chi connectivity index (χ4n) is 6.44. The van der Waals surface area contributed by atoms with Crippen LogP contribution in [0.1, 0.15) is 51.4 Å². The van der Waals surface area contributed by atoms with Gasteiger partial charge in [0.15, 0.2) is 0 Å². The van der Waals surface area contributed by atoms with Gasteiger partial charge < -0.3 is 15.1 Å². The monoisotopic (exact) mass is 319 g/mol. The van der Waals surface area contributed by atoms with E-state index in [9.17, 15) is 4.79 Å². The van der Waals surface area contributed by atoms with Crippen LogP contribution in [-0.2, 0) is 0 Å². The molecular weight excluding hydrogens is 286 g/mol. The van der Waals surface area contributed by atoms with Gasteiger partial charge in [-0.2, -0.15) is 0 Å². The molecule has 2 amide bonds. The first-order valence-electron chi connectivity index (χ1n) is 9.72. The molecule has 0 aromatic carbocycles. The fourth-order valence-corrected chi connectivity index (χ4v) is 6.44. The molecule has 1 aliphatic heterocycles. The van der Waals surface area contributed by atoms with Gasteiger partial charge in [-0.05, 0) is 94.7 Å². The van der Waals surface area contributed by atoms with Gasteiger partial charge >= 0.3 is 6.03 Å². The van der Waals surface area contributed by atoms with Crippen molar-refractivity contribution in [2.24, 2.45) is 23.2 Å². The van der Waals surface area contributed by atoms with Crippen molar-refractivity contribution in [3.63, 3.8) is 0 Å². The maximum absolute atomic E-state index is 12.6. The van der Waals surface area contributed by atoms with Crippen molar-refractivity contribution in [3.05, 3.63) is 0 Å². The molecule has 4 nitrogen and oxygen atoms in total. The lowest BCUT2D eigenvalue weighted by atomic mass is 9.49. The van der Waals surface area contributed by atoms with E-state index in [1.807, 2.05) is 11.9 Å². The third-order valence-corrected chi connectivity index (χ3v) is 7.34. The van der Waals surface area contributed by atoms with Gasteiger partial charge in [0.05, 0.1) is 0 Å². The summed E-state index contributed by atoms with van der Waals surface area (Å²) >= 11 is 0. The molecule has 130 valence electrons. The summed E-state index contributed by atoms with van der Waals surface area (Å²) in [6.45, 7) is 3.14. The first-order valence-corrected chi connectivity index (χ1v) is 9.72. The molecule has 1 heterocycles. The molecule has 5 rings (SSSR count). The molecular formula is C19H33N3O. The summed E-state index contributed by atoms with van der Waals surface area (Å²) in [5.41, 5.74) is 0.442. The van der Waals surface area contributed by atoms with E-state index in [0.717, 1.165) is 50.2 Å². The van der Waals surface area contributed by atoms with Gasteiger partial charge in [0.1, 0.15) is 0 Å². The molecule has 0 atom stereocenters. The molecule has 4 aliphatic carbocycles. The van der Waals surface area contributed by atoms with Crippen LogP contribution in [0.2, 0.25) is 0 Å². The molecule has 0 aromatic heterocycles. The van der Waals surface area contributed by atoms with Crippen LogP contribution in [-0.4, -0.2) is 55.6 Å². The minimum atomic E-state index is 0.162. The number of amides is 2. The number of piperidine rings is 1. The third kappa shape index (κ3) is 3.11. The Hall–Kier alpha value is -0.770. The van der Waals surface area contributed by atoms with Crippen LogP contribution in [0.25, 0.3) is 0 Å². The molecule has 0 spiro atoms. The zero-order valence-electron chi connectivity index (χ0n) is 14.9. The lowest BCUT2D eigenvalue weighted by molar-refractivity contribution is -0.0503. The number of likely N-dealkylation sites (tertiary alicyclic amines) is 1. The van der Waals surface area contributed by atoms with E-state index in [1.54, 1.807) is 0 Å². The number of nitrogens with zero attached hydrogens (tertiary/aromatic N) is 2. The van der Waals surface area contributed by atoms with Crippen molar-refractivity contribution in [1.29, 1.82) is 0 Å². The van der Waals surface area contributed by atoms with Gasteiger partial charge in [-0.3, -0.25) is 0 Å². The van der Waals surface area contributed by atoms with E-state index in [1.165, 1.54) is 38.5 Å². The first kappa shape index (κ1) is 15.7.